The van der Waals surface area contributed by atoms with Gasteiger partial charge in [-0.05, 0) is 35.7 Å². The fraction of sp³-hybridized carbons (Fsp3) is 0.368. The van der Waals surface area contributed by atoms with E-state index in [0.717, 1.165) is 23.6 Å². The maximum atomic E-state index is 12.2. The van der Waals surface area contributed by atoms with Crippen molar-refractivity contribution in [3.8, 4) is 5.75 Å². The number of carbonyl (C=O) groups is 2. The summed E-state index contributed by atoms with van der Waals surface area (Å²) in [5, 5.41) is 14.1. The van der Waals surface area contributed by atoms with Gasteiger partial charge in [-0.2, -0.15) is 0 Å². The zero-order valence-corrected chi connectivity index (χ0v) is 13.5. The van der Waals surface area contributed by atoms with Crippen molar-refractivity contribution in [2.75, 3.05) is 6.61 Å². The fourth-order valence-corrected chi connectivity index (χ4v) is 3.43. The van der Waals surface area contributed by atoms with Crippen molar-refractivity contribution in [1.29, 1.82) is 0 Å². The van der Waals surface area contributed by atoms with Gasteiger partial charge in [0.1, 0.15) is 5.75 Å². The van der Waals surface area contributed by atoms with E-state index in [9.17, 15) is 9.59 Å². The minimum Gasteiger partial charge on any atom is -0.484 e. The molecule has 0 spiro atoms. The van der Waals surface area contributed by atoms with Crippen LogP contribution in [-0.4, -0.2) is 29.1 Å². The molecule has 126 valence electrons. The van der Waals surface area contributed by atoms with Crippen LogP contribution in [0.25, 0.3) is 10.8 Å². The Morgan fingerprint density at radius 3 is 2.50 bits per heavy atom. The van der Waals surface area contributed by atoms with Crippen molar-refractivity contribution < 1.29 is 19.4 Å². The normalized spacial score (nSPS) is 16.0. The Labute approximate surface area is 140 Å². The van der Waals surface area contributed by atoms with Crippen LogP contribution >= 0.6 is 0 Å². The molecule has 5 heteroatoms. The predicted octanol–water partition coefficient (Wildman–Crippen LogP) is 3.12. The van der Waals surface area contributed by atoms with Gasteiger partial charge in [-0.1, -0.05) is 43.2 Å². The van der Waals surface area contributed by atoms with Crippen molar-refractivity contribution >= 4 is 22.6 Å². The second kappa shape index (κ2) is 6.91. The molecule has 2 aromatic carbocycles. The van der Waals surface area contributed by atoms with Gasteiger partial charge in [0, 0.05) is 0 Å². The van der Waals surface area contributed by atoms with Crippen LogP contribution in [0, 0.1) is 0 Å². The molecule has 3 rings (SSSR count). The molecule has 1 aliphatic rings. The highest BCUT2D eigenvalue weighted by molar-refractivity contribution is 5.84. The molecule has 0 aliphatic heterocycles. The topological polar surface area (TPSA) is 75.6 Å². The van der Waals surface area contributed by atoms with Gasteiger partial charge in [0.2, 0.25) is 0 Å². The lowest BCUT2D eigenvalue weighted by Crippen LogP contribution is -2.49. The molecule has 0 saturated heterocycles. The third-order valence-electron chi connectivity index (χ3n) is 4.55. The number of carboxylic acid groups (broad SMARTS) is 1. The van der Waals surface area contributed by atoms with Gasteiger partial charge in [0.25, 0.3) is 5.91 Å². The Morgan fingerprint density at radius 2 is 1.79 bits per heavy atom. The minimum atomic E-state index is -0.882. The van der Waals surface area contributed by atoms with Crippen molar-refractivity contribution in [3.63, 3.8) is 0 Å². The number of nitrogens with one attached hydrogen (secondary N) is 1. The molecule has 0 radical (unpaired) electrons. The van der Waals surface area contributed by atoms with E-state index in [1.54, 1.807) is 0 Å². The summed E-state index contributed by atoms with van der Waals surface area (Å²) < 4.78 is 5.58. The number of aliphatic carboxylic acids is 1. The molecule has 2 aromatic rings. The van der Waals surface area contributed by atoms with Gasteiger partial charge >= 0.3 is 5.97 Å². The zero-order chi connectivity index (χ0) is 17.0. The van der Waals surface area contributed by atoms with Crippen LogP contribution in [0.5, 0.6) is 5.75 Å². The number of rotatable bonds is 6. The van der Waals surface area contributed by atoms with Crippen LogP contribution in [0.1, 0.15) is 32.1 Å². The third kappa shape index (κ3) is 3.85. The average molecular weight is 327 g/mol. The molecular weight excluding hydrogens is 306 g/mol. The second-order valence-corrected chi connectivity index (χ2v) is 6.40. The number of ether oxygens (including phenoxy) is 1. The standard InChI is InChI=1S/C19H21NO4/c21-17(20-19(12-18(22)23)9-3-4-10-19)13-24-16-8-7-14-5-1-2-6-15(14)11-16/h1-2,5-8,11H,3-4,9-10,12-13H2,(H,20,21)(H,22,23). The number of fused-ring (bicyclic) bond motifs is 1. The monoisotopic (exact) mass is 327 g/mol. The Hall–Kier alpha value is -2.56. The predicted molar refractivity (Wildman–Crippen MR) is 91.0 cm³/mol. The summed E-state index contributed by atoms with van der Waals surface area (Å²) in [6.45, 7) is -0.111. The molecule has 2 N–H and O–H groups in total. The lowest BCUT2D eigenvalue weighted by Gasteiger charge is -2.28. The van der Waals surface area contributed by atoms with E-state index < -0.39 is 11.5 Å². The van der Waals surface area contributed by atoms with E-state index >= 15 is 0 Å². The first kappa shape index (κ1) is 16.3. The summed E-state index contributed by atoms with van der Waals surface area (Å²) in [7, 11) is 0. The van der Waals surface area contributed by atoms with Crippen LogP contribution < -0.4 is 10.1 Å². The zero-order valence-electron chi connectivity index (χ0n) is 13.5. The fourth-order valence-electron chi connectivity index (χ4n) is 3.43. The van der Waals surface area contributed by atoms with Gasteiger partial charge in [0.05, 0.1) is 12.0 Å². The highest BCUT2D eigenvalue weighted by atomic mass is 16.5. The number of amides is 1. The SMILES string of the molecule is O=C(O)CC1(NC(=O)COc2ccc3ccccc3c2)CCCC1. The van der Waals surface area contributed by atoms with E-state index in [2.05, 4.69) is 5.32 Å². The maximum absolute atomic E-state index is 12.2. The number of benzene rings is 2. The number of carboxylic acids is 1. The molecule has 1 saturated carbocycles. The molecule has 1 amide bonds. The lowest BCUT2D eigenvalue weighted by atomic mass is 9.93. The summed E-state index contributed by atoms with van der Waals surface area (Å²) in [5.74, 6) is -0.526. The largest absolute Gasteiger partial charge is 0.484 e. The molecule has 24 heavy (non-hydrogen) atoms. The highest BCUT2D eigenvalue weighted by Crippen LogP contribution is 2.32. The van der Waals surface area contributed by atoms with E-state index in [1.165, 1.54) is 0 Å². The molecule has 0 unspecified atom stereocenters. The van der Waals surface area contributed by atoms with Crippen LogP contribution in [0.2, 0.25) is 0 Å². The van der Waals surface area contributed by atoms with Crippen LogP contribution in [0.3, 0.4) is 0 Å². The number of hydrogen-bond donors (Lipinski definition) is 2. The van der Waals surface area contributed by atoms with Crippen molar-refractivity contribution in [3.05, 3.63) is 42.5 Å². The van der Waals surface area contributed by atoms with Crippen LogP contribution in [0.15, 0.2) is 42.5 Å². The third-order valence-corrected chi connectivity index (χ3v) is 4.55. The van der Waals surface area contributed by atoms with Crippen LogP contribution in [-0.2, 0) is 9.59 Å². The molecule has 1 fully saturated rings. The summed E-state index contributed by atoms with van der Waals surface area (Å²) in [6.07, 6.45) is 3.27. The Bertz CT molecular complexity index is 750. The molecule has 0 heterocycles. The van der Waals surface area contributed by atoms with Crippen LogP contribution in [0.4, 0.5) is 0 Å². The summed E-state index contributed by atoms with van der Waals surface area (Å²) >= 11 is 0. The quantitative estimate of drug-likeness (QED) is 0.855. The first-order valence-electron chi connectivity index (χ1n) is 8.21. The van der Waals surface area contributed by atoms with Crippen molar-refractivity contribution in [1.82, 2.24) is 5.32 Å². The van der Waals surface area contributed by atoms with Gasteiger partial charge in [0.15, 0.2) is 6.61 Å². The first-order valence-corrected chi connectivity index (χ1v) is 8.21. The lowest BCUT2D eigenvalue weighted by molar-refractivity contribution is -0.139. The Balaban J connectivity index is 1.60. The molecule has 1 aliphatic carbocycles. The number of hydrogen-bond acceptors (Lipinski definition) is 3. The molecule has 5 nitrogen and oxygen atoms in total. The van der Waals surface area contributed by atoms with E-state index in [1.807, 2.05) is 42.5 Å². The summed E-state index contributed by atoms with van der Waals surface area (Å²) in [5.41, 5.74) is -0.615. The Morgan fingerprint density at radius 1 is 1.08 bits per heavy atom. The maximum Gasteiger partial charge on any atom is 0.305 e. The molecule has 0 bridgehead atoms. The van der Waals surface area contributed by atoms with Crippen molar-refractivity contribution in [2.45, 2.75) is 37.6 Å². The molecular formula is C19H21NO4. The van der Waals surface area contributed by atoms with Crippen molar-refractivity contribution in [2.24, 2.45) is 0 Å². The minimum absolute atomic E-state index is 0.0330. The highest BCUT2D eigenvalue weighted by Gasteiger charge is 2.37. The first-order chi connectivity index (χ1) is 11.6. The molecule has 0 atom stereocenters. The van der Waals surface area contributed by atoms with Gasteiger partial charge in [-0.3, -0.25) is 9.59 Å². The number of carbonyl (C=O) groups excluding carboxylic acids is 1. The summed E-state index contributed by atoms with van der Waals surface area (Å²) in [6, 6.07) is 13.6. The van der Waals surface area contributed by atoms with E-state index in [-0.39, 0.29) is 18.9 Å². The second-order valence-electron chi connectivity index (χ2n) is 6.40. The van der Waals surface area contributed by atoms with Gasteiger partial charge in [-0.25, -0.2) is 0 Å². The van der Waals surface area contributed by atoms with E-state index in [0.29, 0.717) is 18.6 Å². The van der Waals surface area contributed by atoms with Gasteiger partial charge in [-0.15, -0.1) is 0 Å². The van der Waals surface area contributed by atoms with Gasteiger partial charge < -0.3 is 15.2 Å². The average Bonchev–Trinajstić information content (AvgIpc) is 3.00. The Kier molecular flexibility index (Phi) is 4.69. The molecule has 0 aromatic heterocycles. The smallest absolute Gasteiger partial charge is 0.305 e. The summed E-state index contributed by atoms with van der Waals surface area (Å²) in [4.78, 5) is 23.3. The van der Waals surface area contributed by atoms with E-state index in [4.69, 9.17) is 9.84 Å².